The minimum atomic E-state index is -5.08. The molecule has 0 saturated heterocycles. The summed E-state index contributed by atoms with van der Waals surface area (Å²) in [6, 6.07) is 5.28. The van der Waals surface area contributed by atoms with Gasteiger partial charge in [-0.15, -0.1) is 0 Å². The zero-order valence-electron chi connectivity index (χ0n) is 16.4. The van der Waals surface area contributed by atoms with Gasteiger partial charge < -0.3 is 14.2 Å². The van der Waals surface area contributed by atoms with E-state index in [0.29, 0.717) is 11.3 Å². The summed E-state index contributed by atoms with van der Waals surface area (Å²) in [4.78, 5) is 23.6. The van der Waals surface area contributed by atoms with Crippen molar-refractivity contribution in [3.63, 3.8) is 0 Å². The van der Waals surface area contributed by atoms with Gasteiger partial charge in [0.1, 0.15) is 11.8 Å². The van der Waals surface area contributed by atoms with Crippen molar-refractivity contribution in [3.05, 3.63) is 29.8 Å². The van der Waals surface area contributed by atoms with E-state index in [0.717, 1.165) is 0 Å². The maximum atomic E-state index is 12.6. The van der Waals surface area contributed by atoms with E-state index in [2.05, 4.69) is 0 Å². The highest BCUT2D eigenvalue weighted by Crippen LogP contribution is 2.19. The van der Waals surface area contributed by atoms with Crippen molar-refractivity contribution in [2.75, 3.05) is 0 Å². The average Bonchev–Trinajstić information content (AvgIpc) is 2.44. The van der Waals surface area contributed by atoms with Crippen LogP contribution >= 0.6 is 0 Å². The quantitative estimate of drug-likeness (QED) is 0.679. The molecule has 0 aliphatic rings. The van der Waals surface area contributed by atoms with Gasteiger partial charge in [0.25, 0.3) is 0 Å². The molecule has 1 rings (SSSR count). The van der Waals surface area contributed by atoms with Crippen LogP contribution in [0.2, 0.25) is 39.3 Å². The number of alkyl halides is 3. The van der Waals surface area contributed by atoms with Crippen LogP contribution in [0.5, 0.6) is 5.75 Å². The topological polar surface area (TPSA) is 64.6 Å². The second-order valence-corrected chi connectivity index (χ2v) is 17.0. The Hall–Kier alpha value is -1.82. The Morgan fingerprint density at radius 2 is 1.52 bits per heavy atom. The normalized spacial score (nSPS) is 13.7. The molecule has 1 aromatic carbocycles. The first-order chi connectivity index (χ1) is 12.1. The lowest BCUT2D eigenvalue weighted by Gasteiger charge is -2.24. The van der Waals surface area contributed by atoms with Gasteiger partial charge in [0.2, 0.25) is 16.6 Å². The van der Waals surface area contributed by atoms with Crippen molar-refractivity contribution in [1.82, 2.24) is 5.32 Å². The molecule has 0 saturated carbocycles. The Morgan fingerprint density at radius 1 is 1.00 bits per heavy atom. The van der Waals surface area contributed by atoms with Crippen LogP contribution in [0.4, 0.5) is 13.2 Å². The van der Waals surface area contributed by atoms with E-state index in [-0.39, 0.29) is 6.42 Å². The van der Waals surface area contributed by atoms with Crippen LogP contribution in [-0.4, -0.2) is 40.7 Å². The zero-order valence-corrected chi connectivity index (χ0v) is 18.4. The first-order valence-electron chi connectivity index (χ1n) is 8.45. The predicted octanol–water partition coefficient (Wildman–Crippen LogP) is 3.87. The highest BCUT2D eigenvalue weighted by atomic mass is 28.4. The number of amides is 1. The van der Waals surface area contributed by atoms with Crippen LogP contribution in [0.3, 0.4) is 0 Å². The number of carbonyl (C=O) groups is 2. The Kier molecular flexibility index (Phi) is 7.28. The molecular weight excluding hydrogens is 395 g/mol. The van der Waals surface area contributed by atoms with E-state index >= 15 is 0 Å². The van der Waals surface area contributed by atoms with E-state index in [1.807, 2.05) is 19.6 Å². The summed E-state index contributed by atoms with van der Waals surface area (Å²) in [6.45, 7) is 11.3. The van der Waals surface area contributed by atoms with Gasteiger partial charge in [0.05, 0.1) is 0 Å². The molecular formula is C17H26F3NO4Si2. The van der Waals surface area contributed by atoms with Gasteiger partial charge in [-0.25, -0.2) is 0 Å². The molecule has 10 heteroatoms. The molecule has 0 heterocycles. The van der Waals surface area contributed by atoms with Crippen LogP contribution in [0.1, 0.15) is 5.56 Å². The number of hydrogen-bond donors (Lipinski definition) is 1. The van der Waals surface area contributed by atoms with Gasteiger partial charge in [-0.1, -0.05) is 12.1 Å². The predicted molar refractivity (Wildman–Crippen MR) is 102 cm³/mol. The minimum absolute atomic E-state index is 0.113. The molecule has 27 heavy (non-hydrogen) atoms. The molecule has 152 valence electrons. The highest BCUT2D eigenvalue weighted by Gasteiger charge is 2.41. The Bertz CT molecular complexity index is 665. The summed E-state index contributed by atoms with van der Waals surface area (Å²) in [6.07, 6.45) is -5.19. The van der Waals surface area contributed by atoms with Crippen LogP contribution in [0.15, 0.2) is 24.3 Å². The lowest BCUT2D eigenvalue weighted by molar-refractivity contribution is -0.175. The van der Waals surface area contributed by atoms with E-state index in [9.17, 15) is 22.8 Å². The van der Waals surface area contributed by atoms with Crippen molar-refractivity contribution >= 4 is 28.5 Å². The maximum Gasteiger partial charge on any atom is 0.471 e. The molecule has 0 aliphatic carbocycles. The second kappa shape index (κ2) is 8.47. The Morgan fingerprint density at radius 3 is 1.93 bits per heavy atom. The SMILES string of the molecule is C[Si](C)(C)OC(=O)C(Cc1ccc(O[Si](C)(C)C)cc1)NC(=O)C(F)(F)F. The smallest absolute Gasteiger partial charge is 0.471 e. The number of benzene rings is 1. The fourth-order valence-electron chi connectivity index (χ4n) is 2.09. The van der Waals surface area contributed by atoms with Crippen LogP contribution < -0.4 is 9.74 Å². The Balaban J connectivity index is 2.96. The third-order valence-corrected chi connectivity index (χ3v) is 4.70. The fourth-order valence-corrected chi connectivity index (χ4v) is 3.68. The monoisotopic (exact) mass is 421 g/mol. The van der Waals surface area contributed by atoms with Gasteiger partial charge in [-0.2, -0.15) is 13.2 Å². The molecule has 0 fully saturated rings. The molecule has 1 unspecified atom stereocenters. The van der Waals surface area contributed by atoms with Gasteiger partial charge in [-0.3, -0.25) is 9.59 Å². The third kappa shape index (κ3) is 9.09. The van der Waals surface area contributed by atoms with Crippen molar-refractivity contribution in [2.24, 2.45) is 0 Å². The first kappa shape index (κ1) is 23.2. The molecule has 1 amide bonds. The van der Waals surface area contributed by atoms with Crippen molar-refractivity contribution in [3.8, 4) is 5.75 Å². The lowest BCUT2D eigenvalue weighted by Crippen LogP contribution is -2.50. The van der Waals surface area contributed by atoms with Crippen LogP contribution in [0, 0.1) is 0 Å². The minimum Gasteiger partial charge on any atom is -0.544 e. The average molecular weight is 422 g/mol. The molecule has 0 spiro atoms. The number of rotatable bonds is 7. The van der Waals surface area contributed by atoms with Gasteiger partial charge in [0, 0.05) is 6.42 Å². The van der Waals surface area contributed by atoms with E-state index in [4.69, 9.17) is 8.85 Å². The van der Waals surface area contributed by atoms with Gasteiger partial charge in [-0.05, 0) is 57.0 Å². The van der Waals surface area contributed by atoms with Gasteiger partial charge in [0.15, 0.2) is 0 Å². The lowest BCUT2D eigenvalue weighted by atomic mass is 10.1. The molecule has 1 N–H and O–H groups in total. The molecule has 1 aromatic rings. The van der Waals surface area contributed by atoms with Gasteiger partial charge >= 0.3 is 18.1 Å². The standard InChI is InChI=1S/C17H26F3NO4Si2/c1-26(2,3)24-13-9-7-12(8-10-13)11-14(15(22)25-27(4,5)6)21-16(23)17(18,19)20/h7-10,14H,11H2,1-6H3,(H,21,23). The number of halogens is 3. The highest BCUT2D eigenvalue weighted by molar-refractivity contribution is 6.71. The Labute approximate surface area is 159 Å². The van der Waals surface area contributed by atoms with Crippen molar-refractivity contribution in [1.29, 1.82) is 0 Å². The summed E-state index contributed by atoms with van der Waals surface area (Å²) < 4.78 is 48.9. The molecule has 0 radical (unpaired) electrons. The second-order valence-electron chi connectivity index (χ2n) is 8.12. The van der Waals surface area contributed by atoms with E-state index in [1.165, 1.54) is 0 Å². The summed E-state index contributed by atoms with van der Waals surface area (Å²) in [5.41, 5.74) is 0.581. The summed E-state index contributed by atoms with van der Waals surface area (Å²) in [7, 11) is -4.12. The zero-order chi connectivity index (χ0) is 21.0. The van der Waals surface area contributed by atoms with E-state index in [1.54, 1.807) is 49.2 Å². The molecule has 1 atom stereocenters. The summed E-state index contributed by atoms with van der Waals surface area (Å²) in [5.74, 6) is -2.38. The first-order valence-corrected chi connectivity index (χ1v) is 15.3. The van der Waals surface area contributed by atoms with Crippen molar-refractivity contribution < 1.29 is 31.6 Å². The van der Waals surface area contributed by atoms with Crippen LogP contribution in [0.25, 0.3) is 0 Å². The maximum absolute atomic E-state index is 12.6. The molecule has 0 aliphatic heterocycles. The molecule has 0 bridgehead atoms. The summed E-state index contributed by atoms with van der Waals surface area (Å²) in [5, 5.41) is 1.74. The van der Waals surface area contributed by atoms with Crippen LogP contribution in [-0.2, 0) is 20.4 Å². The van der Waals surface area contributed by atoms with E-state index < -0.39 is 40.7 Å². The van der Waals surface area contributed by atoms with Crippen molar-refractivity contribution in [2.45, 2.75) is 57.9 Å². The number of hydrogen-bond acceptors (Lipinski definition) is 4. The number of carbonyl (C=O) groups excluding carboxylic acids is 2. The third-order valence-electron chi connectivity index (χ3n) is 3.04. The fraction of sp³-hybridized carbons (Fsp3) is 0.529. The molecule has 0 aromatic heterocycles. The number of nitrogens with one attached hydrogen (secondary N) is 1. The molecule has 5 nitrogen and oxygen atoms in total. The summed E-state index contributed by atoms with van der Waals surface area (Å²) >= 11 is 0. The largest absolute Gasteiger partial charge is 0.544 e.